The normalized spacial score (nSPS) is 27.9. The van der Waals surface area contributed by atoms with E-state index in [0.717, 1.165) is 5.71 Å². The van der Waals surface area contributed by atoms with Crippen molar-refractivity contribution in [2.24, 2.45) is 25.4 Å². The first-order valence-corrected chi connectivity index (χ1v) is 2.92. The highest BCUT2D eigenvalue weighted by Gasteiger charge is 2.24. The van der Waals surface area contributed by atoms with E-state index in [1.807, 2.05) is 6.92 Å². The van der Waals surface area contributed by atoms with E-state index < -0.39 is 0 Å². The molecule has 0 spiro atoms. The minimum absolute atomic E-state index is 0.106. The summed E-state index contributed by atoms with van der Waals surface area (Å²) in [5, 5.41) is 11.0. The van der Waals surface area contributed by atoms with E-state index in [9.17, 15) is 0 Å². The summed E-state index contributed by atoms with van der Waals surface area (Å²) < 4.78 is 0. The second-order valence-corrected chi connectivity index (χ2v) is 2.08. The van der Waals surface area contributed by atoms with Crippen molar-refractivity contribution in [3.63, 3.8) is 0 Å². The third-order valence-corrected chi connectivity index (χ3v) is 1.41. The number of hydrogen-bond donors (Lipinski definition) is 0. The van der Waals surface area contributed by atoms with Gasteiger partial charge in [-0.2, -0.15) is 5.11 Å². The SMILES string of the molecule is CC1=NC=NC2=NN=NC12. The third kappa shape index (κ3) is 0.601. The van der Waals surface area contributed by atoms with E-state index in [2.05, 4.69) is 25.4 Å². The molecule has 0 saturated heterocycles. The molecule has 2 aliphatic heterocycles. The van der Waals surface area contributed by atoms with Crippen LogP contribution in [0.25, 0.3) is 0 Å². The zero-order valence-electron chi connectivity index (χ0n) is 5.39. The van der Waals surface area contributed by atoms with Crippen LogP contribution in [0.15, 0.2) is 25.4 Å². The zero-order valence-corrected chi connectivity index (χ0v) is 5.39. The summed E-state index contributed by atoms with van der Waals surface area (Å²) >= 11 is 0. The highest BCUT2D eigenvalue weighted by molar-refractivity contribution is 6.16. The van der Waals surface area contributed by atoms with Crippen molar-refractivity contribution in [3.8, 4) is 0 Å². The topological polar surface area (TPSA) is 61.8 Å². The van der Waals surface area contributed by atoms with Gasteiger partial charge < -0.3 is 0 Å². The fraction of sp³-hybridized carbons (Fsp3) is 0.400. The maximum Gasteiger partial charge on any atom is 0.186 e. The van der Waals surface area contributed by atoms with E-state index in [1.54, 1.807) is 0 Å². The predicted molar refractivity (Wildman–Crippen MR) is 37.7 cm³/mol. The molecule has 1 unspecified atom stereocenters. The largest absolute Gasteiger partial charge is 0.243 e. The summed E-state index contributed by atoms with van der Waals surface area (Å²) in [5.74, 6) is 0.646. The van der Waals surface area contributed by atoms with Gasteiger partial charge in [-0.05, 0) is 12.1 Å². The lowest BCUT2D eigenvalue weighted by Gasteiger charge is -2.06. The Morgan fingerprint density at radius 2 is 2.40 bits per heavy atom. The van der Waals surface area contributed by atoms with Gasteiger partial charge in [-0.15, -0.1) is 5.10 Å². The summed E-state index contributed by atoms with van der Waals surface area (Å²) in [6.07, 6.45) is 1.47. The molecule has 0 aromatic rings. The van der Waals surface area contributed by atoms with Gasteiger partial charge in [-0.1, -0.05) is 0 Å². The molecule has 2 aliphatic rings. The van der Waals surface area contributed by atoms with Gasteiger partial charge in [0, 0.05) is 0 Å². The minimum atomic E-state index is -0.106. The number of nitrogens with zero attached hydrogens (tertiary/aromatic N) is 5. The molecule has 2 heterocycles. The lowest BCUT2D eigenvalue weighted by atomic mass is 10.2. The van der Waals surface area contributed by atoms with Gasteiger partial charge in [0.2, 0.25) is 0 Å². The molecule has 0 bridgehead atoms. The Labute approximate surface area is 57.3 Å². The molecule has 5 heteroatoms. The summed E-state index contributed by atoms with van der Waals surface area (Å²) in [5.41, 5.74) is 0.898. The standard InChI is InChI=1S/C5H5N5/c1-3-4-5(7-2-6-3)9-10-8-4/h2,4H,1H3. The maximum atomic E-state index is 3.96. The molecule has 0 aromatic carbocycles. The Bertz CT molecular complexity index is 272. The van der Waals surface area contributed by atoms with Crippen molar-refractivity contribution < 1.29 is 0 Å². The van der Waals surface area contributed by atoms with Crippen LogP contribution in [0.3, 0.4) is 0 Å². The maximum absolute atomic E-state index is 3.96. The molecule has 0 amide bonds. The molecule has 50 valence electrons. The highest BCUT2D eigenvalue weighted by atomic mass is 15.4. The Balaban J connectivity index is 2.43. The van der Waals surface area contributed by atoms with Crippen LogP contribution in [-0.2, 0) is 0 Å². The van der Waals surface area contributed by atoms with E-state index in [1.165, 1.54) is 6.34 Å². The van der Waals surface area contributed by atoms with Crippen LogP contribution in [-0.4, -0.2) is 23.9 Å². The smallest absolute Gasteiger partial charge is 0.186 e. The number of amidine groups is 1. The van der Waals surface area contributed by atoms with Crippen LogP contribution in [0.2, 0.25) is 0 Å². The summed E-state index contributed by atoms with van der Waals surface area (Å²) in [7, 11) is 0. The minimum Gasteiger partial charge on any atom is -0.243 e. The summed E-state index contributed by atoms with van der Waals surface area (Å²) in [6, 6.07) is -0.106. The van der Waals surface area contributed by atoms with Crippen molar-refractivity contribution in [3.05, 3.63) is 0 Å². The van der Waals surface area contributed by atoms with Gasteiger partial charge >= 0.3 is 0 Å². The van der Waals surface area contributed by atoms with Crippen LogP contribution in [0.5, 0.6) is 0 Å². The van der Waals surface area contributed by atoms with Crippen molar-refractivity contribution in [2.45, 2.75) is 13.0 Å². The lowest BCUT2D eigenvalue weighted by Crippen LogP contribution is -2.25. The average molecular weight is 135 g/mol. The quantitative estimate of drug-likeness (QED) is 0.468. The van der Waals surface area contributed by atoms with Crippen molar-refractivity contribution in [2.75, 3.05) is 0 Å². The van der Waals surface area contributed by atoms with Gasteiger partial charge in [0.15, 0.2) is 11.9 Å². The fourth-order valence-corrected chi connectivity index (χ4v) is 0.846. The highest BCUT2D eigenvalue weighted by Crippen LogP contribution is 2.10. The predicted octanol–water partition coefficient (Wildman–Crippen LogP) is 0.637. The van der Waals surface area contributed by atoms with Crippen molar-refractivity contribution in [1.29, 1.82) is 0 Å². The number of rotatable bonds is 0. The Morgan fingerprint density at radius 3 is 3.20 bits per heavy atom. The molecule has 1 atom stereocenters. The molecule has 5 nitrogen and oxygen atoms in total. The van der Waals surface area contributed by atoms with Gasteiger partial charge in [0.1, 0.15) is 6.34 Å². The second kappa shape index (κ2) is 1.80. The van der Waals surface area contributed by atoms with E-state index in [-0.39, 0.29) is 6.04 Å². The number of hydrogen-bond acceptors (Lipinski definition) is 5. The number of aliphatic imine (C=N–C) groups is 2. The zero-order chi connectivity index (χ0) is 6.97. The summed E-state index contributed by atoms with van der Waals surface area (Å²) in [6.45, 7) is 1.88. The van der Waals surface area contributed by atoms with E-state index >= 15 is 0 Å². The van der Waals surface area contributed by atoms with Crippen LogP contribution in [0.1, 0.15) is 6.92 Å². The molecule has 10 heavy (non-hydrogen) atoms. The van der Waals surface area contributed by atoms with Crippen molar-refractivity contribution >= 4 is 17.9 Å². The molecule has 2 rings (SSSR count). The lowest BCUT2D eigenvalue weighted by molar-refractivity contribution is 0.995. The first kappa shape index (κ1) is 5.40. The van der Waals surface area contributed by atoms with Crippen molar-refractivity contribution in [1.82, 2.24) is 0 Å². The second-order valence-electron chi connectivity index (χ2n) is 2.08. The number of fused-ring (bicyclic) bond motifs is 1. The van der Waals surface area contributed by atoms with Gasteiger partial charge in [-0.25, -0.2) is 9.98 Å². The summed E-state index contributed by atoms with van der Waals surface area (Å²) in [4.78, 5) is 7.85. The molecular weight excluding hydrogens is 130 g/mol. The third-order valence-electron chi connectivity index (χ3n) is 1.41. The molecule has 0 aromatic heterocycles. The molecule has 0 saturated carbocycles. The molecule has 0 radical (unpaired) electrons. The van der Waals surface area contributed by atoms with Crippen LogP contribution < -0.4 is 0 Å². The molecular formula is C5H5N5. The van der Waals surface area contributed by atoms with Gasteiger partial charge in [0.05, 0.1) is 5.71 Å². The monoisotopic (exact) mass is 135 g/mol. The van der Waals surface area contributed by atoms with Crippen LogP contribution in [0.4, 0.5) is 0 Å². The van der Waals surface area contributed by atoms with Gasteiger partial charge in [0.25, 0.3) is 0 Å². The van der Waals surface area contributed by atoms with Gasteiger partial charge in [-0.3, -0.25) is 0 Å². The average Bonchev–Trinajstić information content (AvgIpc) is 2.36. The van der Waals surface area contributed by atoms with E-state index in [4.69, 9.17) is 0 Å². The Kier molecular flexibility index (Phi) is 0.969. The molecule has 0 aliphatic carbocycles. The van der Waals surface area contributed by atoms with E-state index in [0.29, 0.717) is 5.84 Å². The Morgan fingerprint density at radius 1 is 1.50 bits per heavy atom. The molecule has 0 fully saturated rings. The first-order chi connectivity index (χ1) is 4.88. The molecule has 0 N–H and O–H groups in total. The first-order valence-electron chi connectivity index (χ1n) is 2.92. The Hall–Kier alpha value is -1.39. The van der Waals surface area contributed by atoms with Crippen LogP contribution in [0, 0.1) is 0 Å². The van der Waals surface area contributed by atoms with Crippen LogP contribution >= 0.6 is 0 Å². The fourth-order valence-electron chi connectivity index (χ4n) is 0.846.